The molecule has 0 saturated carbocycles. The Balaban J connectivity index is 2.09. The molecule has 0 atom stereocenters. The van der Waals surface area contributed by atoms with Crippen LogP contribution in [0.3, 0.4) is 0 Å². The summed E-state index contributed by atoms with van der Waals surface area (Å²) in [6, 6.07) is 7.70. The summed E-state index contributed by atoms with van der Waals surface area (Å²) in [5, 5.41) is 0.572. The molecule has 18 heavy (non-hydrogen) atoms. The van der Waals surface area contributed by atoms with Gasteiger partial charge in [0.2, 0.25) is 0 Å². The normalized spacial score (nSPS) is 13.4. The van der Waals surface area contributed by atoms with Crippen molar-refractivity contribution in [1.82, 2.24) is 9.97 Å². The van der Waals surface area contributed by atoms with E-state index in [2.05, 4.69) is 9.97 Å². The fourth-order valence-electron chi connectivity index (χ4n) is 1.90. The van der Waals surface area contributed by atoms with E-state index >= 15 is 0 Å². The van der Waals surface area contributed by atoms with Crippen LogP contribution >= 0.6 is 23.4 Å². The summed E-state index contributed by atoms with van der Waals surface area (Å²) in [5.74, 6) is 3.28. The molecule has 0 fully saturated rings. The maximum Gasteiger partial charge on any atom is 0.161 e. The van der Waals surface area contributed by atoms with E-state index < -0.39 is 0 Å². The highest BCUT2D eigenvalue weighted by atomic mass is 35.5. The molecule has 2 heterocycles. The van der Waals surface area contributed by atoms with Gasteiger partial charge in [0, 0.05) is 22.6 Å². The number of benzene rings is 1. The van der Waals surface area contributed by atoms with Gasteiger partial charge in [0.15, 0.2) is 5.82 Å². The summed E-state index contributed by atoms with van der Waals surface area (Å²) in [6.07, 6.45) is 0. The Morgan fingerprint density at radius 3 is 3.00 bits per heavy atom. The fourth-order valence-corrected chi connectivity index (χ4v) is 3.28. The number of nitrogens with zero attached hydrogens (tertiary/aromatic N) is 2. The molecule has 0 spiro atoms. The van der Waals surface area contributed by atoms with E-state index in [9.17, 15) is 0 Å². The second-order valence-electron chi connectivity index (χ2n) is 3.99. The van der Waals surface area contributed by atoms with Crippen LogP contribution in [0, 0.1) is 0 Å². The molecule has 0 saturated heterocycles. The van der Waals surface area contributed by atoms with Crippen LogP contribution in [0.1, 0.15) is 11.3 Å². The number of halogens is 1. The molecule has 0 bridgehead atoms. The number of thioether (sulfide) groups is 1. The summed E-state index contributed by atoms with van der Waals surface area (Å²) in [7, 11) is 1.65. The summed E-state index contributed by atoms with van der Waals surface area (Å²) >= 11 is 8.02. The maximum atomic E-state index is 6.20. The van der Waals surface area contributed by atoms with Gasteiger partial charge in [-0.2, -0.15) is 11.8 Å². The molecule has 5 heteroatoms. The first kappa shape index (κ1) is 11.8. The van der Waals surface area contributed by atoms with Gasteiger partial charge < -0.3 is 4.74 Å². The lowest BCUT2D eigenvalue weighted by Gasteiger charge is -2.06. The molecule has 1 aromatic carbocycles. The highest BCUT2D eigenvalue weighted by molar-refractivity contribution is 7.98. The average Bonchev–Trinajstić information content (AvgIpc) is 2.87. The molecular formula is C13H11ClN2OS. The molecule has 0 unspecified atom stereocenters. The van der Waals surface area contributed by atoms with E-state index in [1.807, 2.05) is 36.0 Å². The lowest BCUT2D eigenvalue weighted by molar-refractivity contribution is 0.415. The zero-order chi connectivity index (χ0) is 12.5. The van der Waals surface area contributed by atoms with Gasteiger partial charge in [-0.1, -0.05) is 23.7 Å². The molecular weight excluding hydrogens is 268 g/mol. The highest BCUT2D eigenvalue weighted by Gasteiger charge is 2.19. The van der Waals surface area contributed by atoms with Crippen molar-refractivity contribution in [2.45, 2.75) is 11.5 Å². The monoisotopic (exact) mass is 278 g/mol. The smallest absolute Gasteiger partial charge is 0.161 e. The van der Waals surface area contributed by atoms with Crippen LogP contribution < -0.4 is 4.74 Å². The third-order valence-electron chi connectivity index (χ3n) is 2.86. The second kappa shape index (κ2) is 4.78. The van der Waals surface area contributed by atoms with E-state index in [1.165, 1.54) is 0 Å². The van der Waals surface area contributed by atoms with Crippen molar-refractivity contribution in [2.24, 2.45) is 0 Å². The van der Waals surface area contributed by atoms with Crippen LogP contribution in [-0.2, 0) is 11.5 Å². The molecule has 1 aromatic heterocycles. The van der Waals surface area contributed by atoms with E-state index in [0.717, 1.165) is 34.1 Å². The summed E-state index contributed by atoms with van der Waals surface area (Å²) < 4.78 is 5.21. The third kappa shape index (κ3) is 2.06. The minimum Gasteiger partial charge on any atom is -0.497 e. The van der Waals surface area contributed by atoms with Crippen molar-refractivity contribution in [3.8, 4) is 17.1 Å². The van der Waals surface area contributed by atoms with Gasteiger partial charge in [-0.25, -0.2) is 9.97 Å². The molecule has 0 amide bonds. The number of hydrogen-bond acceptors (Lipinski definition) is 4. The van der Waals surface area contributed by atoms with Crippen LogP contribution in [0.5, 0.6) is 5.75 Å². The van der Waals surface area contributed by atoms with Gasteiger partial charge in [-0.15, -0.1) is 0 Å². The Morgan fingerprint density at radius 1 is 1.28 bits per heavy atom. The van der Waals surface area contributed by atoms with Gasteiger partial charge in [0.05, 0.1) is 12.8 Å². The first-order chi connectivity index (χ1) is 8.78. The molecule has 0 aliphatic carbocycles. The standard InChI is InChI=1S/C13H11ClN2OS/c1-17-9-4-2-3-8(5-9)13-15-11-7-18-6-10(11)12(14)16-13/h2-5H,6-7H2,1H3. The molecule has 3 rings (SSSR count). The van der Waals surface area contributed by atoms with Crippen LogP contribution in [0.15, 0.2) is 24.3 Å². The largest absolute Gasteiger partial charge is 0.497 e. The maximum absolute atomic E-state index is 6.20. The Bertz CT molecular complexity index is 604. The molecule has 3 nitrogen and oxygen atoms in total. The van der Waals surface area contributed by atoms with Gasteiger partial charge in [0.1, 0.15) is 10.9 Å². The first-order valence-electron chi connectivity index (χ1n) is 5.55. The molecule has 1 aliphatic heterocycles. The van der Waals surface area contributed by atoms with Crippen molar-refractivity contribution in [1.29, 1.82) is 0 Å². The van der Waals surface area contributed by atoms with Crippen LogP contribution in [0.2, 0.25) is 5.15 Å². The van der Waals surface area contributed by atoms with Crippen LogP contribution in [-0.4, -0.2) is 17.1 Å². The van der Waals surface area contributed by atoms with Gasteiger partial charge in [-0.3, -0.25) is 0 Å². The first-order valence-corrected chi connectivity index (χ1v) is 7.08. The van der Waals surface area contributed by atoms with Gasteiger partial charge >= 0.3 is 0 Å². The van der Waals surface area contributed by atoms with Crippen LogP contribution in [0.25, 0.3) is 11.4 Å². The Hall–Kier alpha value is -1.26. The fraction of sp³-hybridized carbons (Fsp3) is 0.231. The van der Waals surface area contributed by atoms with Crippen LogP contribution in [0.4, 0.5) is 0 Å². The SMILES string of the molecule is COc1cccc(-c2nc(Cl)c3c(n2)CSC3)c1. The zero-order valence-corrected chi connectivity index (χ0v) is 11.4. The summed E-state index contributed by atoms with van der Waals surface area (Å²) in [4.78, 5) is 8.96. The van der Waals surface area contributed by atoms with E-state index in [-0.39, 0.29) is 0 Å². The number of aromatic nitrogens is 2. The lowest BCUT2D eigenvalue weighted by atomic mass is 10.2. The number of methoxy groups -OCH3 is 1. The van der Waals surface area contributed by atoms with Crippen molar-refractivity contribution in [3.05, 3.63) is 40.7 Å². The number of rotatable bonds is 2. The zero-order valence-electron chi connectivity index (χ0n) is 9.81. The van der Waals surface area contributed by atoms with Crippen molar-refractivity contribution < 1.29 is 4.74 Å². The summed E-state index contributed by atoms with van der Waals surface area (Å²) in [5.41, 5.74) is 3.06. The van der Waals surface area contributed by atoms with Gasteiger partial charge in [0.25, 0.3) is 0 Å². The van der Waals surface area contributed by atoms with Crippen molar-refractivity contribution in [3.63, 3.8) is 0 Å². The minimum absolute atomic E-state index is 0.572. The number of fused-ring (bicyclic) bond motifs is 1. The Morgan fingerprint density at radius 2 is 2.17 bits per heavy atom. The van der Waals surface area contributed by atoms with Gasteiger partial charge in [-0.05, 0) is 12.1 Å². The van der Waals surface area contributed by atoms with E-state index in [1.54, 1.807) is 7.11 Å². The highest BCUT2D eigenvalue weighted by Crippen LogP contribution is 2.34. The predicted molar refractivity (Wildman–Crippen MR) is 74.0 cm³/mol. The van der Waals surface area contributed by atoms with Crippen molar-refractivity contribution in [2.75, 3.05) is 7.11 Å². The van der Waals surface area contributed by atoms with Crippen molar-refractivity contribution >= 4 is 23.4 Å². The topological polar surface area (TPSA) is 35.0 Å². The van der Waals surface area contributed by atoms with E-state index in [4.69, 9.17) is 16.3 Å². The minimum atomic E-state index is 0.572. The predicted octanol–water partition coefficient (Wildman–Crippen LogP) is 3.55. The number of ether oxygens (including phenoxy) is 1. The lowest BCUT2D eigenvalue weighted by Crippen LogP contribution is -1.97. The Kier molecular flexibility index (Phi) is 3.14. The molecule has 92 valence electrons. The van der Waals surface area contributed by atoms with E-state index in [0.29, 0.717) is 11.0 Å². The number of hydrogen-bond donors (Lipinski definition) is 0. The average molecular weight is 279 g/mol. The molecule has 0 N–H and O–H groups in total. The molecule has 0 radical (unpaired) electrons. The molecule has 2 aromatic rings. The Labute approximate surface area is 115 Å². The third-order valence-corrected chi connectivity index (χ3v) is 4.14. The summed E-state index contributed by atoms with van der Waals surface area (Å²) in [6.45, 7) is 0. The second-order valence-corrected chi connectivity index (χ2v) is 5.33. The quantitative estimate of drug-likeness (QED) is 0.787. The molecule has 1 aliphatic rings.